The minimum Gasteiger partial charge on any atom is -0.481 e. The smallest absolute Gasteiger partial charge is 0.306 e. The van der Waals surface area contributed by atoms with E-state index in [0.29, 0.717) is 44.9 Å². The summed E-state index contributed by atoms with van der Waals surface area (Å²) in [4.78, 5) is 49.7. The van der Waals surface area contributed by atoms with E-state index in [1.807, 2.05) is 121 Å². The van der Waals surface area contributed by atoms with Crippen LogP contribution in [0.15, 0.2) is 243 Å². The molecule has 13 heteroatoms. The Labute approximate surface area is 657 Å². The van der Waals surface area contributed by atoms with Gasteiger partial charge in [0.05, 0.1) is 5.92 Å². The Bertz CT molecular complexity index is 3040. The molecule has 592 valence electrons. The molecule has 4 atom stereocenters. The molecule has 0 aromatic heterocycles. The van der Waals surface area contributed by atoms with Crippen LogP contribution >= 0.6 is 0 Å². The lowest BCUT2D eigenvalue weighted by Crippen LogP contribution is -2.40. The number of hydrogen-bond acceptors (Lipinski definition) is 9. The molecule has 8 aromatic rings. The fraction of sp³-hybridized carbons (Fsp3) is 0.458. The normalized spacial score (nSPS) is 12.0. The molecule has 0 aliphatic carbocycles. The monoisotopic (exact) mass is 1480 g/mol. The Morgan fingerprint density at radius 3 is 0.706 bits per heavy atom. The summed E-state index contributed by atoms with van der Waals surface area (Å²) in [6.45, 7) is 12.8. The van der Waals surface area contributed by atoms with Crippen LogP contribution in [0.4, 0.5) is 0 Å². The minimum absolute atomic E-state index is 0.00730. The van der Waals surface area contributed by atoms with Crippen molar-refractivity contribution in [3.05, 3.63) is 287 Å². The zero-order valence-corrected chi connectivity index (χ0v) is 66.8. The summed E-state index contributed by atoms with van der Waals surface area (Å²) < 4.78 is 0. The predicted molar refractivity (Wildman–Crippen MR) is 458 cm³/mol. The molecule has 0 aliphatic heterocycles. The summed E-state index contributed by atoms with van der Waals surface area (Å²) in [5.41, 5.74) is 38.7. The van der Waals surface area contributed by atoms with Gasteiger partial charge in [0.25, 0.3) is 0 Å². The number of carbonyl (C=O) groups excluding carboxylic acids is 3. The second-order valence-electron chi connectivity index (χ2n) is 29.7. The Morgan fingerprint density at radius 1 is 0.294 bits per heavy atom. The van der Waals surface area contributed by atoms with Crippen LogP contribution in [0, 0.1) is 35.5 Å². The highest BCUT2D eigenvalue weighted by molar-refractivity contribution is 5.79. The number of hydrogen-bond donors (Lipinski definition) is 9. The van der Waals surface area contributed by atoms with Crippen LogP contribution in [0.5, 0.6) is 0 Å². The molecule has 0 fully saturated rings. The van der Waals surface area contributed by atoms with Gasteiger partial charge < -0.3 is 49.7 Å². The largest absolute Gasteiger partial charge is 0.481 e. The van der Waals surface area contributed by atoms with E-state index in [1.54, 1.807) is 0 Å². The standard InChI is InChI=1S/C25H35NO.2C23H33N3O.C18H20O2.C7H17N/c1-3-4-11-21(2)20-26-25(27)24(18-16-22-12-7-5-8-13-22)19-17-23-14-9-6-10-15-23;2*24-17-7-12-22(25)18-26-23(27)21(15-13-19-8-3-1-4-9-19)16-14-20-10-5-2-6-11-20;19-18(20)17(13-11-15-7-3-1-4-8-15)14-12-16-9-5-2-6-10-16;1-3-4-5-7(2)6-8/h5-10,12-15,21,24H,3-4,11,16-20H2,1-2H3,(H,26,27);2*1-6,8-11,21-22H,7,12-18,24-25H2,(H,26,27);1-10,17H,11-14H2,(H,19,20);7H,3-6,8H2,1-2H3/t21-;2*22-;;7-/m000.0/s1. The van der Waals surface area contributed by atoms with E-state index < -0.39 is 5.97 Å². The lowest BCUT2D eigenvalue weighted by atomic mass is 9.92. The topological polar surface area (TPSA) is 255 Å². The van der Waals surface area contributed by atoms with E-state index in [1.165, 1.54) is 83.0 Å². The quantitative estimate of drug-likeness (QED) is 0.0174. The third-order valence-corrected chi connectivity index (χ3v) is 20.2. The molecule has 0 bridgehead atoms. The molecule has 0 radical (unpaired) electrons. The van der Waals surface area contributed by atoms with Gasteiger partial charge in [0.2, 0.25) is 17.7 Å². The van der Waals surface area contributed by atoms with Crippen molar-refractivity contribution in [2.45, 2.75) is 207 Å². The summed E-state index contributed by atoms with van der Waals surface area (Å²) in [7, 11) is 0. The van der Waals surface area contributed by atoms with E-state index in [0.717, 1.165) is 135 Å². The maximum absolute atomic E-state index is 12.9. The van der Waals surface area contributed by atoms with Crippen LogP contribution < -0.4 is 44.6 Å². The number of benzene rings is 8. The predicted octanol–water partition coefficient (Wildman–Crippen LogP) is 17.6. The third-order valence-electron chi connectivity index (χ3n) is 20.2. The Kier molecular flexibility index (Phi) is 51.3. The number of carboxylic acids is 1. The van der Waals surface area contributed by atoms with Crippen molar-refractivity contribution in [3.8, 4) is 0 Å². The minimum atomic E-state index is -0.683. The van der Waals surface area contributed by atoms with E-state index in [4.69, 9.17) is 28.7 Å². The molecule has 3 amide bonds. The fourth-order valence-electron chi connectivity index (χ4n) is 13.0. The van der Waals surface area contributed by atoms with Gasteiger partial charge >= 0.3 is 5.97 Å². The zero-order chi connectivity index (χ0) is 78.6. The number of aryl methyl sites for hydroxylation is 8. The van der Waals surface area contributed by atoms with Crippen molar-refractivity contribution in [1.29, 1.82) is 0 Å². The van der Waals surface area contributed by atoms with E-state index in [-0.39, 0.29) is 53.5 Å². The second kappa shape index (κ2) is 60.3. The Balaban J connectivity index is 0.000000298. The molecule has 0 spiro atoms. The molecule has 0 unspecified atom stereocenters. The summed E-state index contributed by atoms with van der Waals surface area (Å²) in [5.74, 6) is 0.850. The molecule has 0 aliphatic rings. The Morgan fingerprint density at radius 2 is 0.505 bits per heavy atom. The first kappa shape index (κ1) is 92.8. The van der Waals surface area contributed by atoms with Crippen LogP contribution in [-0.2, 0) is 70.5 Å². The number of amides is 3. The highest BCUT2D eigenvalue weighted by atomic mass is 16.4. The lowest BCUT2D eigenvalue weighted by Gasteiger charge is -2.19. The molecule has 0 saturated heterocycles. The Hall–Kier alpha value is -8.56. The van der Waals surface area contributed by atoms with Crippen LogP contribution in [0.2, 0.25) is 0 Å². The summed E-state index contributed by atoms with van der Waals surface area (Å²) in [6.07, 6.45) is 24.9. The number of nitrogens with two attached hydrogens (primary N) is 5. The van der Waals surface area contributed by atoms with Gasteiger partial charge in [-0.1, -0.05) is 296 Å². The molecule has 14 N–H and O–H groups in total. The molecule has 8 rings (SSSR count). The highest BCUT2D eigenvalue weighted by Crippen LogP contribution is 2.23. The van der Waals surface area contributed by atoms with Crippen molar-refractivity contribution in [1.82, 2.24) is 16.0 Å². The average molecular weight is 1480 g/mol. The van der Waals surface area contributed by atoms with Gasteiger partial charge in [-0.05, 0) is 217 Å². The maximum Gasteiger partial charge on any atom is 0.306 e. The van der Waals surface area contributed by atoms with Crippen LogP contribution in [0.25, 0.3) is 0 Å². The van der Waals surface area contributed by atoms with E-state index >= 15 is 0 Å². The van der Waals surface area contributed by atoms with E-state index in [2.05, 4.69) is 165 Å². The first-order chi connectivity index (χ1) is 53.1. The van der Waals surface area contributed by atoms with Crippen molar-refractivity contribution in [3.63, 3.8) is 0 Å². The highest BCUT2D eigenvalue weighted by Gasteiger charge is 2.23. The van der Waals surface area contributed by atoms with Crippen molar-refractivity contribution in [2.24, 2.45) is 64.2 Å². The zero-order valence-electron chi connectivity index (χ0n) is 66.8. The van der Waals surface area contributed by atoms with Gasteiger partial charge in [-0.15, -0.1) is 0 Å². The fourth-order valence-corrected chi connectivity index (χ4v) is 13.0. The molecule has 13 nitrogen and oxygen atoms in total. The SMILES string of the molecule is CCCC[C@H](C)CN.CCCC[C@H](C)CNC(=O)C(CCc1ccccc1)CCc1ccccc1.NCCC[C@H](N)CNC(=O)C(CCc1ccccc1)CCc1ccccc1.NCCC[C@H](N)CNC(=O)C(CCc1ccccc1)CCc1ccccc1.O=C(O)C(CCc1ccccc1)CCc1ccccc1. The van der Waals surface area contributed by atoms with Crippen molar-refractivity contribution in [2.75, 3.05) is 39.3 Å². The molecular weight excluding hydrogens is 1350 g/mol. The van der Waals surface area contributed by atoms with Gasteiger partial charge in [-0.2, -0.15) is 0 Å². The molecule has 0 heterocycles. The third kappa shape index (κ3) is 45.3. The van der Waals surface area contributed by atoms with Gasteiger partial charge in [-0.3, -0.25) is 19.2 Å². The first-order valence-corrected chi connectivity index (χ1v) is 41.1. The van der Waals surface area contributed by atoms with Crippen molar-refractivity contribution < 1.29 is 24.3 Å². The van der Waals surface area contributed by atoms with E-state index in [9.17, 15) is 24.3 Å². The van der Waals surface area contributed by atoms with Crippen LogP contribution in [-0.4, -0.2) is 80.1 Å². The van der Waals surface area contributed by atoms with Gasteiger partial charge in [-0.25, -0.2) is 0 Å². The van der Waals surface area contributed by atoms with Gasteiger partial charge in [0, 0.05) is 49.5 Å². The number of unbranched alkanes of at least 4 members (excludes halogenated alkanes) is 2. The van der Waals surface area contributed by atoms with Gasteiger partial charge in [0.1, 0.15) is 0 Å². The number of carboxylic acid groups (broad SMARTS) is 1. The summed E-state index contributed by atoms with van der Waals surface area (Å²) >= 11 is 0. The summed E-state index contributed by atoms with van der Waals surface area (Å²) in [6, 6.07) is 82.5. The molecular formula is C96H138N8O5. The lowest BCUT2D eigenvalue weighted by molar-refractivity contribution is -0.142. The maximum atomic E-state index is 12.9. The molecule has 109 heavy (non-hydrogen) atoms. The number of nitrogens with one attached hydrogen (secondary N) is 3. The summed E-state index contributed by atoms with van der Waals surface area (Å²) in [5, 5.41) is 18.7. The molecule has 0 saturated carbocycles. The number of rotatable bonds is 47. The second-order valence-corrected chi connectivity index (χ2v) is 29.7. The number of carbonyl (C=O) groups is 4. The number of aliphatic carboxylic acids is 1. The first-order valence-electron chi connectivity index (χ1n) is 41.1. The average Bonchev–Trinajstić information content (AvgIpc) is 0.919. The van der Waals surface area contributed by atoms with Crippen LogP contribution in [0.3, 0.4) is 0 Å². The molecule has 8 aromatic carbocycles. The van der Waals surface area contributed by atoms with Crippen LogP contribution in [0.1, 0.15) is 188 Å². The van der Waals surface area contributed by atoms with Gasteiger partial charge in [0.15, 0.2) is 0 Å². The van der Waals surface area contributed by atoms with Crippen molar-refractivity contribution >= 4 is 23.7 Å².